The minimum atomic E-state index is -0.633. The summed E-state index contributed by atoms with van der Waals surface area (Å²) < 4.78 is 0. The molecule has 2 saturated carbocycles. The summed E-state index contributed by atoms with van der Waals surface area (Å²) in [6, 6.07) is 0.576. The van der Waals surface area contributed by atoms with Crippen LogP contribution in [0.3, 0.4) is 0 Å². The molecule has 0 aromatic rings. The van der Waals surface area contributed by atoms with E-state index in [4.69, 9.17) is 0 Å². The fourth-order valence-electron chi connectivity index (χ4n) is 4.26. The van der Waals surface area contributed by atoms with E-state index in [9.17, 15) is 9.90 Å². The van der Waals surface area contributed by atoms with Crippen molar-refractivity contribution in [3.05, 3.63) is 0 Å². The first kappa shape index (κ1) is 14.8. The van der Waals surface area contributed by atoms with E-state index in [0.717, 1.165) is 12.8 Å². The molecule has 0 spiro atoms. The maximum atomic E-state index is 11.3. The highest BCUT2D eigenvalue weighted by molar-refractivity contribution is 5.68. The van der Waals surface area contributed by atoms with Gasteiger partial charge in [0.05, 0.1) is 6.42 Å². The molecule has 110 valence electrons. The van der Waals surface area contributed by atoms with Crippen LogP contribution in [-0.2, 0) is 4.79 Å². The van der Waals surface area contributed by atoms with E-state index in [1.807, 2.05) is 0 Å². The Kier molecular flexibility index (Phi) is 4.24. The molecule has 0 aromatic carbocycles. The molecule has 1 N–H and O–H groups in total. The Morgan fingerprint density at radius 3 is 2.32 bits per heavy atom. The van der Waals surface area contributed by atoms with Crippen molar-refractivity contribution in [2.24, 2.45) is 5.41 Å². The zero-order valence-corrected chi connectivity index (χ0v) is 12.7. The summed E-state index contributed by atoms with van der Waals surface area (Å²) in [5.41, 5.74) is 0.354. The lowest BCUT2D eigenvalue weighted by Crippen LogP contribution is -2.53. The standard InChI is InChI=1S/C16H29NO2/c1-15(2)10-7-13(11-15)17(3)16(12-14(18)19)8-5-4-6-9-16/h13H,4-12H2,1-3H3,(H,18,19). The molecule has 0 heterocycles. The first-order valence-electron chi connectivity index (χ1n) is 7.79. The van der Waals surface area contributed by atoms with Crippen LogP contribution in [0.4, 0.5) is 0 Å². The predicted octanol–water partition coefficient (Wildman–Crippen LogP) is 3.67. The zero-order valence-electron chi connectivity index (χ0n) is 12.7. The molecule has 0 aliphatic heterocycles. The van der Waals surface area contributed by atoms with Gasteiger partial charge in [-0.1, -0.05) is 33.1 Å². The van der Waals surface area contributed by atoms with Crippen LogP contribution in [0.5, 0.6) is 0 Å². The van der Waals surface area contributed by atoms with Crippen LogP contribution in [0.25, 0.3) is 0 Å². The average Bonchev–Trinajstić information content (AvgIpc) is 2.69. The summed E-state index contributed by atoms with van der Waals surface area (Å²) in [6.45, 7) is 4.68. The highest BCUT2D eigenvalue weighted by Gasteiger charge is 2.44. The van der Waals surface area contributed by atoms with E-state index in [-0.39, 0.29) is 5.54 Å². The second kappa shape index (κ2) is 5.43. The van der Waals surface area contributed by atoms with Crippen molar-refractivity contribution in [2.45, 2.75) is 83.2 Å². The maximum absolute atomic E-state index is 11.3. The number of carboxylic acids is 1. The minimum absolute atomic E-state index is 0.0742. The monoisotopic (exact) mass is 267 g/mol. The van der Waals surface area contributed by atoms with Crippen LogP contribution in [0.15, 0.2) is 0 Å². The van der Waals surface area contributed by atoms with Crippen molar-refractivity contribution in [1.29, 1.82) is 0 Å². The average molecular weight is 267 g/mol. The van der Waals surface area contributed by atoms with Crippen molar-refractivity contribution in [1.82, 2.24) is 4.90 Å². The summed E-state index contributed by atoms with van der Waals surface area (Å²) in [5, 5.41) is 9.30. The molecule has 2 fully saturated rings. The molecule has 1 atom stereocenters. The normalized spacial score (nSPS) is 29.6. The van der Waals surface area contributed by atoms with Crippen molar-refractivity contribution < 1.29 is 9.90 Å². The second-order valence-corrected chi connectivity index (χ2v) is 7.53. The Morgan fingerprint density at radius 1 is 1.21 bits per heavy atom. The topological polar surface area (TPSA) is 40.5 Å². The number of hydrogen-bond acceptors (Lipinski definition) is 2. The first-order valence-corrected chi connectivity index (χ1v) is 7.79. The third-order valence-electron chi connectivity index (χ3n) is 5.50. The SMILES string of the molecule is CN(C1CCC(C)(C)C1)C1(CC(=O)O)CCCCC1. The molecule has 0 amide bonds. The summed E-state index contributed by atoms with van der Waals surface area (Å²) in [5.74, 6) is -0.633. The summed E-state index contributed by atoms with van der Waals surface area (Å²) in [4.78, 5) is 13.7. The number of carbonyl (C=O) groups is 1. The molecule has 3 nitrogen and oxygen atoms in total. The fourth-order valence-corrected chi connectivity index (χ4v) is 4.26. The minimum Gasteiger partial charge on any atom is -0.481 e. The van der Waals surface area contributed by atoms with Crippen molar-refractivity contribution in [3.63, 3.8) is 0 Å². The zero-order chi connectivity index (χ0) is 14.1. The van der Waals surface area contributed by atoms with Gasteiger partial charge in [0.2, 0.25) is 0 Å². The van der Waals surface area contributed by atoms with Crippen LogP contribution in [0.1, 0.15) is 71.6 Å². The Hall–Kier alpha value is -0.570. The fraction of sp³-hybridized carbons (Fsp3) is 0.938. The van der Waals surface area contributed by atoms with Gasteiger partial charge in [0.25, 0.3) is 0 Å². The Bertz CT molecular complexity index is 332. The molecule has 0 aromatic heterocycles. The molecule has 2 aliphatic rings. The van der Waals surface area contributed by atoms with Gasteiger partial charge in [0.1, 0.15) is 0 Å². The summed E-state index contributed by atoms with van der Waals surface area (Å²) >= 11 is 0. The van der Waals surface area contributed by atoms with Gasteiger partial charge < -0.3 is 5.11 Å². The molecule has 3 heteroatoms. The van der Waals surface area contributed by atoms with E-state index >= 15 is 0 Å². The van der Waals surface area contributed by atoms with Gasteiger partial charge in [-0.2, -0.15) is 0 Å². The first-order chi connectivity index (χ1) is 8.85. The van der Waals surface area contributed by atoms with Crippen LogP contribution >= 0.6 is 0 Å². The molecule has 0 radical (unpaired) electrons. The Balaban J connectivity index is 2.11. The lowest BCUT2D eigenvalue weighted by Gasteiger charge is -2.47. The molecule has 1 unspecified atom stereocenters. The molecular formula is C16H29NO2. The molecule has 2 aliphatic carbocycles. The van der Waals surface area contributed by atoms with E-state index in [1.54, 1.807) is 0 Å². The Labute approximate surface area is 117 Å². The van der Waals surface area contributed by atoms with Gasteiger partial charge in [-0.3, -0.25) is 9.69 Å². The third-order valence-corrected chi connectivity index (χ3v) is 5.50. The van der Waals surface area contributed by atoms with E-state index < -0.39 is 5.97 Å². The van der Waals surface area contributed by atoms with Crippen LogP contribution in [0.2, 0.25) is 0 Å². The molecule has 0 saturated heterocycles. The lowest BCUT2D eigenvalue weighted by molar-refractivity contribution is -0.141. The summed E-state index contributed by atoms with van der Waals surface area (Å²) in [6.07, 6.45) is 9.80. The van der Waals surface area contributed by atoms with Gasteiger partial charge in [-0.15, -0.1) is 0 Å². The highest BCUT2D eigenvalue weighted by atomic mass is 16.4. The maximum Gasteiger partial charge on any atom is 0.305 e. The molecule has 0 bridgehead atoms. The van der Waals surface area contributed by atoms with Gasteiger partial charge in [-0.25, -0.2) is 0 Å². The number of aliphatic carboxylic acids is 1. The van der Waals surface area contributed by atoms with Crippen molar-refractivity contribution >= 4 is 5.97 Å². The predicted molar refractivity (Wildman–Crippen MR) is 77.3 cm³/mol. The Morgan fingerprint density at radius 2 is 1.84 bits per heavy atom. The van der Waals surface area contributed by atoms with Crippen molar-refractivity contribution in [3.8, 4) is 0 Å². The highest BCUT2D eigenvalue weighted by Crippen LogP contribution is 2.44. The third kappa shape index (κ3) is 3.31. The van der Waals surface area contributed by atoms with Crippen LogP contribution < -0.4 is 0 Å². The number of nitrogens with zero attached hydrogens (tertiary/aromatic N) is 1. The van der Waals surface area contributed by atoms with E-state index in [1.165, 1.54) is 38.5 Å². The van der Waals surface area contributed by atoms with Gasteiger partial charge >= 0.3 is 5.97 Å². The second-order valence-electron chi connectivity index (χ2n) is 7.53. The van der Waals surface area contributed by atoms with Gasteiger partial charge in [-0.05, 0) is 44.6 Å². The van der Waals surface area contributed by atoms with E-state index in [2.05, 4.69) is 25.8 Å². The molecular weight excluding hydrogens is 238 g/mol. The quantitative estimate of drug-likeness (QED) is 0.844. The van der Waals surface area contributed by atoms with Gasteiger partial charge in [0.15, 0.2) is 0 Å². The number of carboxylic acid groups (broad SMARTS) is 1. The molecule has 19 heavy (non-hydrogen) atoms. The molecule has 2 rings (SSSR count). The number of hydrogen-bond donors (Lipinski definition) is 1. The smallest absolute Gasteiger partial charge is 0.305 e. The van der Waals surface area contributed by atoms with Crippen LogP contribution in [-0.4, -0.2) is 34.6 Å². The lowest BCUT2D eigenvalue weighted by atomic mass is 9.77. The van der Waals surface area contributed by atoms with Crippen LogP contribution in [0, 0.1) is 5.41 Å². The van der Waals surface area contributed by atoms with Crippen molar-refractivity contribution in [2.75, 3.05) is 7.05 Å². The van der Waals surface area contributed by atoms with Gasteiger partial charge in [0, 0.05) is 11.6 Å². The number of rotatable bonds is 4. The van der Waals surface area contributed by atoms with E-state index in [0.29, 0.717) is 17.9 Å². The largest absolute Gasteiger partial charge is 0.481 e. The summed E-state index contributed by atoms with van der Waals surface area (Å²) in [7, 11) is 2.18.